The van der Waals surface area contributed by atoms with E-state index in [-0.39, 0.29) is 0 Å². The van der Waals surface area contributed by atoms with E-state index >= 15 is 0 Å². The van der Waals surface area contributed by atoms with Crippen LogP contribution < -0.4 is 10.1 Å². The van der Waals surface area contributed by atoms with E-state index < -0.39 is 0 Å². The second-order valence-corrected chi connectivity index (χ2v) is 5.52. The van der Waals surface area contributed by atoms with Crippen molar-refractivity contribution in [3.8, 4) is 5.75 Å². The van der Waals surface area contributed by atoms with Gasteiger partial charge in [-0.15, -0.1) is 0 Å². The monoisotopic (exact) mass is 313 g/mol. The normalized spacial score (nSPS) is 23.3. The van der Waals surface area contributed by atoms with Crippen LogP contribution >= 0.6 is 15.9 Å². The molecule has 0 aliphatic heterocycles. The van der Waals surface area contributed by atoms with Crippen molar-refractivity contribution < 1.29 is 9.47 Å². The summed E-state index contributed by atoms with van der Waals surface area (Å²) in [7, 11) is 3.48. The van der Waals surface area contributed by atoms with E-state index in [2.05, 4.69) is 33.4 Å². The molecule has 2 unspecified atom stereocenters. The molecule has 0 saturated heterocycles. The summed E-state index contributed by atoms with van der Waals surface area (Å²) >= 11 is 3.51. The summed E-state index contributed by atoms with van der Waals surface area (Å²) in [4.78, 5) is 0. The summed E-state index contributed by atoms with van der Waals surface area (Å²) in [6.07, 6.45) is 3.99. The summed E-state index contributed by atoms with van der Waals surface area (Å²) < 4.78 is 11.7. The largest absolute Gasteiger partial charge is 0.496 e. The first-order valence-corrected chi connectivity index (χ1v) is 7.12. The highest BCUT2D eigenvalue weighted by atomic mass is 79.9. The molecule has 18 heavy (non-hydrogen) atoms. The average molecular weight is 314 g/mol. The van der Waals surface area contributed by atoms with Crippen molar-refractivity contribution in [3.05, 3.63) is 28.2 Å². The van der Waals surface area contributed by atoms with Gasteiger partial charge in [-0.2, -0.15) is 0 Å². The van der Waals surface area contributed by atoms with Crippen LogP contribution in [0.1, 0.15) is 24.8 Å². The summed E-state index contributed by atoms with van der Waals surface area (Å²) in [5, 5.41) is 3.58. The fourth-order valence-electron chi connectivity index (χ4n) is 2.51. The molecular formula is C14H20BrNO2. The van der Waals surface area contributed by atoms with Crippen LogP contribution in [0.5, 0.6) is 5.75 Å². The minimum Gasteiger partial charge on any atom is -0.496 e. The van der Waals surface area contributed by atoms with Crippen molar-refractivity contribution in [2.45, 2.75) is 38.0 Å². The molecule has 1 aliphatic carbocycles. The summed E-state index contributed by atoms with van der Waals surface area (Å²) in [6, 6.07) is 6.66. The number of methoxy groups -OCH3 is 2. The van der Waals surface area contributed by atoms with E-state index in [4.69, 9.17) is 9.47 Å². The Balaban J connectivity index is 1.92. The predicted molar refractivity (Wildman–Crippen MR) is 76.0 cm³/mol. The Morgan fingerprint density at radius 2 is 2.17 bits per heavy atom. The molecule has 0 spiro atoms. The van der Waals surface area contributed by atoms with Crippen LogP contribution in [0.25, 0.3) is 0 Å². The van der Waals surface area contributed by atoms with Gasteiger partial charge in [0.05, 0.1) is 17.7 Å². The lowest BCUT2D eigenvalue weighted by Gasteiger charge is -2.19. The number of ether oxygens (including phenoxy) is 2. The molecule has 0 radical (unpaired) electrons. The SMILES string of the molecule is COc1ccc(CNC2CCCC2OC)cc1Br. The Morgan fingerprint density at radius 1 is 1.33 bits per heavy atom. The zero-order valence-corrected chi connectivity index (χ0v) is 12.5. The number of rotatable bonds is 5. The maximum absolute atomic E-state index is 5.48. The van der Waals surface area contributed by atoms with Gasteiger partial charge in [0.25, 0.3) is 0 Å². The van der Waals surface area contributed by atoms with Crippen molar-refractivity contribution in [1.82, 2.24) is 5.32 Å². The van der Waals surface area contributed by atoms with E-state index in [1.54, 1.807) is 14.2 Å². The molecule has 1 aliphatic rings. The topological polar surface area (TPSA) is 30.5 Å². The van der Waals surface area contributed by atoms with Gasteiger partial charge in [0.1, 0.15) is 5.75 Å². The minimum absolute atomic E-state index is 0.367. The summed E-state index contributed by atoms with van der Waals surface area (Å²) in [5.74, 6) is 0.870. The number of halogens is 1. The molecule has 1 fully saturated rings. The second kappa shape index (κ2) is 6.55. The molecule has 0 amide bonds. The van der Waals surface area contributed by atoms with Crippen LogP contribution in [0.3, 0.4) is 0 Å². The van der Waals surface area contributed by atoms with Crippen LogP contribution in [0.15, 0.2) is 22.7 Å². The van der Waals surface area contributed by atoms with Gasteiger partial charge in [0, 0.05) is 19.7 Å². The average Bonchev–Trinajstić information content (AvgIpc) is 2.84. The van der Waals surface area contributed by atoms with E-state index in [0.29, 0.717) is 12.1 Å². The number of nitrogens with one attached hydrogen (secondary N) is 1. The minimum atomic E-state index is 0.367. The number of hydrogen-bond donors (Lipinski definition) is 1. The van der Waals surface area contributed by atoms with Crippen molar-refractivity contribution in [1.29, 1.82) is 0 Å². The third kappa shape index (κ3) is 3.25. The molecular weight excluding hydrogens is 294 g/mol. The van der Waals surface area contributed by atoms with Gasteiger partial charge >= 0.3 is 0 Å². The molecule has 0 aromatic heterocycles. The maximum Gasteiger partial charge on any atom is 0.133 e. The van der Waals surface area contributed by atoms with E-state index in [9.17, 15) is 0 Å². The van der Waals surface area contributed by atoms with Crippen molar-refractivity contribution in [2.24, 2.45) is 0 Å². The van der Waals surface area contributed by atoms with E-state index in [0.717, 1.165) is 16.8 Å². The highest BCUT2D eigenvalue weighted by Gasteiger charge is 2.26. The lowest BCUT2D eigenvalue weighted by Crippen LogP contribution is -2.36. The van der Waals surface area contributed by atoms with Gasteiger partial charge in [-0.3, -0.25) is 0 Å². The summed E-state index contributed by atoms with van der Waals surface area (Å²) in [6.45, 7) is 0.868. The van der Waals surface area contributed by atoms with Gasteiger partial charge < -0.3 is 14.8 Å². The predicted octanol–water partition coefficient (Wildman–Crippen LogP) is 3.11. The molecule has 100 valence electrons. The third-order valence-electron chi connectivity index (χ3n) is 3.54. The molecule has 2 rings (SSSR count). The van der Waals surface area contributed by atoms with Crippen molar-refractivity contribution >= 4 is 15.9 Å². The molecule has 1 saturated carbocycles. The Bertz CT molecular complexity index is 397. The van der Waals surface area contributed by atoms with Crippen LogP contribution in [0, 0.1) is 0 Å². The molecule has 1 aromatic rings. The van der Waals surface area contributed by atoms with Gasteiger partial charge in [-0.25, -0.2) is 0 Å². The Labute approximate surface area is 117 Å². The maximum atomic E-state index is 5.48. The van der Waals surface area contributed by atoms with E-state index in [1.165, 1.54) is 24.8 Å². The van der Waals surface area contributed by atoms with Gasteiger partial charge in [-0.1, -0.05) is 6.07 Å². The zero-order valence-electron chi connectivity index (χ0n) is 10.9. The van der Waals surface area contributed by atoms with Crippen molar-refractivity contribution in [2.75, 3.05) is 14.2 Å². The first-order valence-electron chi connectivity index (χ1n) is 6.33. The second-order valence-electron chi connectivity index (χ2n) is 4.66. The van der Waals surface area contributed by atoms with Gasteiger partial charge in [0.2, 0.25) is 0 Å². The lowest BCUT2D eigenvalue weighted by atomic mass is 10.1. The first-order chi connectivity index (χ1) is 8.74. The van der Waals surface area contributed by atoms with Gasteiger partial charge in [0.15, 0.2) is 0 Å². The molecule has 0 bridgehead atoms. The number of benzene rings is 1. The Hall–Kier alpha value is -0.580. The van der Waals surface area contributed by atoms with Crippen LogP contribution in [-0.4, -0.2) is 26.4 Å². The molecule has 3 nitrogen and oxygen atoms in total. The standard InChI is InChI=1S/C14H20BrNO2/c1-17-13-7-6-10(8-11(13)15)9-16-12-4-3-5-14(12)18-2/h6-8,12,14,16H,3-5,9H2,1-2H3. The highest BCUT2D eigenvalue weighted by molar-refractivity contribution is 9.10. The Morgan fingerprint density at radius 3 is 2.83 bits per heavy atom. The van der Waals surface area contributed by atoms with E-state index in [1.807, 2.05) is 6.07 Å². The molecule has 1 aromatic carbocycles. The Kier molecular flexibility index (Phi) is 5.03. The third-order valence-corrected chi connectivity index (χ3v) is 4.16. The first kappa shape index (κ1) is 13.8. The molecule has 4 heteroatoms. The van der Waals surface area contributed by atoms with Crippen molar-refractivity contribution in [3.63, 3.8) is 0 Å². The lowest BCUT2D eigenvalue weighted by molar-refractivity contribution is 0.0847. The molecule has 1 N–H and O–H groups in total. The zero-order chi connectivity index (χ0) is 13.0. The van der Waals surface area contributed by atoms with Gasteiger partial charge in [-0.05, 0) is 52.9 Å². The van der Waals surface area contributed by atoms with Crippen LogP contribution in [0.4, 0.5) is 0 Å². The number of hydrogen-bond acceptors (Lipinski definition) is 3. The molecule has 2 atom stereocenters. The van der Waals surface area contributed by atoms with Crippen LogP contribution in [0.2, 0.25) is 0 Å². The van der Waals surface area contributed by atoms with Crippen LogP contribution in [-0.2, 0) is 11.3 Å². The fourth-order valence-corrected chi connectivity index (χ4v) is 3.10. The highest BCUT2D eigenvalue weighted by Crippen LogP contribution is 2.26. The smallest absolute Gasteiger partial charge is 0.133 e. The fraction of sp³-hybridized carbons (Fsp3) is 0.571. The summed E-state index contributed by atoms with van der Waals surface area (Å²) in [5.41, 5.74) is 1.25. The quantitative estimate of drug-likeness (QED) is 0.906. The molecule has 0 heterocycles.